The van der Waals surface area contributed by atoms with Crippen LogP contribution in [0.5, 0.6) is 17.2 Å². The van der Waals surface area contributed by atoms with Gasteiger partial charge in [-0.15, -0.1) is 0 Å². The number of ether oxygens (including phenoxy) is 3. The second-order valence-corrected chi connectivity index (χ2v) is 6.42. The summed E-state index contributed by atoms with van der Waals surface area (Å²) >= 11 is 0. The largest absolute Gasteiger partial charge is 0.497 e. The molecular weight excluding hydrogens is 370 g/mol. The minimum atomic E-state index is -0.359. The number of carbonyl (C=O) groups is 2. The Balaban J connectivity index is 1.72. The fraction of sp³-hybridized carbons (Fsp3) is 0.130. The van der Waals surface area contributed by atoms with Gasteiger partial charge in [-0.2, -0.15) is 0 Å². The SMILES string of the molecule is COc1cccc(C(=O)Nc2cc3c(cc2C(=O)c2ccccc2)OCCO3)c1. The second-order valence-electron chi connectivity index (χ2n) is 6.42. The molecule has 6 heteroatoms. The van der Waals surface area contributed by atoms with E-state index in [-0.39, 0.29) is 11.7 Å². The van der Waals surface area contributed by atoms with Crippen LogP contribution in [0, 0.1) is 0 Å². The maximum atomic E-state index is 13.1. The van der Waals surface area contributed by atoms with E-state index in [0.29, 0.717) is 52.8 Å². The summed E-state index contributed by atoms with van der Waals surface area (Å²) in [5.74, 6) is 0.961. The average Bonchev–Trinajstić information content (AvgIpc) is 2.78. The Labute approximate surface area is 168 Å². The van der Waals surface area contributed by atoms with Crippen LogP contribution in [-0.4, -0.2) is 32.0 Å². The van der Waals surface area contributed by atoms with Gasteiger partial charge in [0.05, 0.1) is 18.4 Å². The molecule has 1 amide bonds. The number of benzene rings is 3. The van der Waals surface area contributed by atoms with E-state index in [4.69, 9.17) is 14.2 Å². The average molecular weight is 389 g/mol. The zero-order chi connectivity index (χ0) is 20.2. The first kappa shape index (κ1) is 18.6. The number of carbonyl (C=O) groups excluding carboxylic acids is 2. The van der Waals surface area contributed by atoms with Crippen molar-refractivity contribution in [1.82, 2.24) is 0 Å². The lowest BCUT2D eigenvalue weighted by atomic mass is 10.0. The number of fused-ring (bicyclic) bond motifs is 1. The van der Waals surface area contributed by atoms with Gasteiger partial charge in [0.1, 0.15) is 19.0 Å². The molecule has 6 nitrogen and oxygen atoms in total. The fourth-order valence-corrected chi connectivity index (χ4v) is 3.08. The first-order valence-electron chi connectivity index (χ1n) is 9.14. The highest BCUT2D eigenvalue weighted by Crippen LogP contribution is 2.36. The van der Waals surface area contributed by atoms with E-state index in [1.807, 2.05) is 6.07 Å². The van der Waals surface area contributed by atoms with Crippen LogP contribution in [0.2, 0.25) is 0 Å². The number of hydrogen-bond acceptors (Lipinski definition) is 5. The minimum Gasteiger partial charge on any atom is -0.497 e. The third-order valence-corrected chi connectivity index (χ3v) is 4.54. The van der Waals surface area contributed by atoms with Gasteiger partial charge in [0.25, 0.3) is 5.91 Å². The van der Waals surface area contributed by atoms with Crippen LogP contribution >= 0.6 is 0 Å². The van der Waals surface area contributed by atoms with Crippen LogP contribution in [0.15, 0.2) is 66.7 Å². The van der Waals surface area contributed by atoms with E-state index in [1.54, 1.807) is 60.7 Å². The lowest BCUT2D eigenvalue weighted by Crippen LogP contribution is -2.19. The quantitative estimate of drug-likeness (QED) is 0.669. The summed E-state index contributed by atoms with van der Waals surface area (Å²) in [6.07, 6.45) is 0. The molecule has 1 heterocycles. The minimum absolute atomic E-state index is 0.219. The maximum Gasteiger partial charge on any atom is 0.255 e. The van der Waals surface area contributed by atoms with Crippen LogP contribution in [0.3, 0.4) is 0 Å². The van der Waals surface area contributed by atoms with Crippen molar-refractivity contribution in [2.45, 2.75) is 0 Å². The van der Waals surface area contributed by atoms with Gasteiger partial charge < -0.3 is 19.5 Å². The van der Waals surface area contributed by atoms with Gasteiger partial charge in [-0.3, -0.25) is 9.59 Å². The maximum absolute atomic E-state index is 13.1. The summed E-state index contributed by atoms with van der Waals surface area (Å²) in [5.41, 5.74) is 1.62. The molecule has 4 rings (SSSR count). The highest BCUT2D eigenvalue weighted by molar-refractivity contribution is 6.15. The van der Waals surface area contributed by atoms with Crippen molar-refractivity contribution in [2.24, 2.45) is 0 Å². The Kier molecular flexibility index (Phi) is 5.16. The van der Waals surface area contributed by atoms with Crippen molar-refractivity contribution in [3.05, 3.63) is 83.4 Å². The lowest BCUT2D eigenvalue weighted by Gasteiger charge is -2.21. The third-order valence-electron chi connectivity index (χ3n) is 4.54. The zero-order valence-corrected chi connectivity index (χ0v) is 15.8. The predicted octanol–water partition coefficient (Wildman–Crippen LogP) is 3.95. The van der Waals surface area contributed by atoms with E-state index in [9.17, 15) is 9.59 Å². The Bertz CT molecular complexity index is 1060. The number of hydrogen-bond donors (Lipinski definition) is 1. The molecule has 1 aliphatic heterocycles. The molecule has 0 aliphatic carbocycles. The van der Waals surface area contributed by atoms with Crippen LogP contribution < -0.4 is 19.5 Å². The van der Waals surface area contributed by atoms with Gasteiger partial charge in [-0.05, 0) is 24.3 Å². The van der Waals surface area contributed by atoms with Gasteiger partial charge >= 0.3 is 0 Å². The number of rotatable bonds is 5. The Morgan fingerprint density at radius 3 is 2.28 bits per heavy atom. The molecule has 0 saturated carbocycles. The lowest BCUT2D eigenvalue weighted by molar-refractivity contribution is 0.102. The van der Waals surface area contributed by atoms with Crippen molar-refractivity contribution in [1.29, 1.82) is 0 Å². The highest BCUT2D eigenvalue weighted by Gasteiger charge is 2.22. The molecule has 0 aromatic heterocycles. The molecule has 0 spiro atoms. The van der Waals surface area contributed by atoms with E-state index in [1.165, 1.54) is 7.11 Å². The van der Waals surface area contributed by atoms with Crippen LogP contribution in [0.25, 0.3) is 0 Å². The molecule has 0 fully saturated rings. The fourth-order valence-electron chi connectivity index (χ4n) is 3.08. The Morgan fingerprint density at radius 1 is 0.862 bits per heavy atom. The van der Waals surface area contributed by atoms with E-state index >= 15 is 0 Å². The normalized spacial score (nSPS) is 12.2. The first-order chi connectivity index (χ1) is 14.2. The molecule has 146 valence electrons. The Hall–Kier alpha value is -3.80. The van der Waals surface area contributed by atoms with Crippen molar-refractivity contribution in [2.75, 3.05) is 25.6 Å². The molecule has 3 aromatic rings. The van der Waals surface area contributed by atoms with Gasteiger partial charge in [0, 0.05) is 17.2 Å². The molecule has 0 saturated heterocycles. The smallest absolute Gasteiger partial charge is 0.255 e. The molecule has 0 unspecified atom stereocenters. The molecule has 0 radical (unpaired) electrons. The van der Waals surface area contributed by atoms with E-state index in [0.717, 1.165) is 0 Å². The number of nitrogens with one attached hydrogen (secondary N) is 1. The van der Waals surface area contributed by atoms with Crippen molar-refractivity contribution in [3.63, 3.8) is 0 Å². The summed E-state index contributed by atoms with van der Waals surface area (Å²) in [4.78, 5) is 25.9. The zero-order valence-electron chi connectivity index (χ0n) is 15.8. The standard InChI is InChI=1S/C23H19NO5/c1-27-17-9-5-8-16(12-17)23(26)24-19-14-21-20(28-10-11-29-21)13-18(19)22(25)15-6-3-2-4-7-15/h2-9,12-14H,10-11H2,1H3,(H,24,26). The molecule has 3 aromatic carbocycles. The van der Waals surface area contributed by atoms with Crippen molar-refractivity contribution < 1.29 is 23.8 Å². The summed E-state index contributed by atoms with van der Waals surface area (Å²) in [5, 5.41) is 2.83. The Morgan fingerprint density at radius 2 is 1.55 bits per heavy atom. The van der Waals surface area contributed by atoms with Gasteiger partial charge in [-0.25, -0.2) is 0 Å². The van der Waals surface area contributed by atoms with Crippen molar-refractivity contribution >= 4 is 17.4 Å². The number of amides is 1. The molecular formula is C23H19NO5. The first-order valence-corrected chi connectivity index (χ1v) is 9.14. The van der Waals surface area contributed by atoms with E-state index < -0.39 is 0 Å². The van der Waals surface area contributed by atoms with Gasteiger partial charge in [-0.1, -0.05) is 36.4 Å². The number of anilines is 1. The summed E-state index contributed by atoms with van der Waals surface area (Å²) < 4.78 is 16.4. The molecule has 1 aliphatic rings. The molecule has 0 bridgehead atoms. The molecule has 1 N–H and O–H groups in total. The van der Waals surface area contributed by atoms with Crippen LogP contribution in [0.4, 0.5) is 5.69 Å². The summed E-state index contributed by atoms with van der Waals surface area (Å²) in [7, 11) is 1.54. The predicted molar refractivity (Wildman–Crippen MR) is 108 cm³/mol. The van der Waals surface area contributed by atoms with Crippen LogP contribution in [-0.2, 0) is 0 Å². The number of methoxy groups -OCH3 is 1. The highest BCUT2D eigenvalue weighted by atomic mass is 16.6. The number of ketones is 1. The van der Waals surface area contributed by atoms with Gasteiger partial charge in [0.2, 0.25) is 0 Å². The van der Waals surface area contributed by atoms with Crippen LogP contribution in [0.1, 0.15) is 26.3 Å². The summed E-state index contributed by atoms with van der Waals surface area (Å²) in [6.45, 7) is 0.809. The third kappa shape index (κ3) is 3.91. The van der Waals surface area contributed by atoms with E-state index in [2.05, 4.69) is 5.32 Å². The topological polar surface area (TPSA) is 73.9 Å². The monoisotopic (exact) mass is 389 g/mol. The van der Waals surface area contributed by atoms with Gasteiger partial charge in [0.15, 0.2) is 17.3 Å². The molecule has 29 heavy (non-hydrogen) atoms. The summed E-state index contributed by atoms with van der Waals surface area (Å²) in [6, 6.07) is 18.9. The van der Waals surface area contributed by atoms with Crippen molar-refractivity contribution in [3.8, 4) is 17.2 Å². The second kappa shape index (κ2) is 8.06. The molecule has 0 atom stereocenters.